The van der Waals surface area contributed by atoms with Crippen LogP contribution in [0.5, 0.6) is 11.5 Å². The molecule has 0 amide bonds. The van der Waals surface area contributed by atoms with E-state index in [0.29, 0.717) is 5.56 Å². The van der Waals surface area contributed by atoms with E-state index in [-0.39, 0.29) is 11.7 Å². The first kappa shape index (κ1) is 17.5. The average molecular weight is 313 g/mol. The Kier molecular flexibility index (Phi) is 5.38. The molecule has 0 spiro atoms. The number of alkyl halides is 5. The van der Waals surface area contributed by atoms with Gasteiger partial charge >= 0.3 is 6.36 Å². The molecule has 0 aliphatic rings. The van der Waals surface area contributed by atoms with Gasteiger partial charge in [0, 0.05) is 6.07 Å². The topological polar surface area (TPSA) is 44.5 Å². The molecule has 0 heterocycles. The highest BCUT2D eigenvalue weighted by atomic mass is 19.4. The molecular weight excluding hydrogens is 297 g/mol. The molecule has 0 atom stereocenters. The Labute approximate surface area is 118 Å². The number of hydrogen-bond acceptors (Lipinski definition) is 3. The molecule has 0 aliphatic heterocycles. The largest absolute Gasteiger partial charge is 0.573 e. The van der Waals surface area contributed by atoms with Crippen LogP contribution in [0.25, 0.3) is 0 Å². The maximum atomic E-state index is 13.1. The van der Waals surface area contributed by atoms with Gasteiger partial charge in [0.25, 0.3) is 5.92 Å². The van der Waals surface area contributed by atoms with Crippen molar-refractivity contribution in [1.29, 1.82) is 0 Å². The van der Waals surface area contributed by atoms with Gasteiger partial charge in [-0.3, -0.25) is 0 Å². The Bertz CT molecular complexity index is 474. The summed E-state index contributed by atoms with van der Waals surface area (Å²) in [5, 5.41) is 0. The van der Waals surface area contributed by atoms with Crippen molar-refractivity contribution in [1.82, 2.24) is 0 Å². The van der Waals surface area contributed by atoms with Crippen LogP contribution in [0.4, 0.5) is 22.0 Å². The highest BCUT2D eigenvalue weighted by Crippen LogP contribution is 2.33. The van der Waals surface area contributed by atoms with Gasteiger partial charge in [0.05, 0.1) is 6.54 Å². The van der Waals surface area contributed by atoms with E-state index in [4.69, 9.17) is 10.5 Å². The van der Waals surface area contributed by atoms with Gasteiger partial charge in [-0.1, -0.05) is 19.9 Å². The van der Waals surface area contributed by atoms with Gasteiger partial charge < -0.3 is 15.2 Å². The predicted molar refractivity (Wildman–Crippen MR) is 66.7 cm³/mol. The fourth-order valence-electron chi connectivity index (χ4n) is 1.56. The third-order valence-electron chi connectivity index (χ3n) is 2.58. The molecular formula is C13H16F5NO2. The summed E-state index contributed by atoms with van der Waals surface area (Å²) in [4.78, 5) is 0. The van der Waals surface area contributed by atoms with Crippen LogP contribution in [0.3, 0.4) is 0 Å². The van der Waals surface area contributed by atoms with E-state index in [2.05, 4.69) is 4.74 Å². The minimum absolute atomic E-state index is 0.0834. The SMILES string of the molecule is CC(C)c1ccc(OC(F)(F)F)cc1OCC(F)(F)CN. The molecule has 0 radical (unpaired) electrons. The molecule has 0 unspecified atom stereocenters. The molecule has 0 saturated heterocycles. The van der Waals surface area contributed by atoms with E-state index >= 15 is 0 Å². The molecule has 1 aromatic rings. The summed E-state index contributed by atoms with van der Waals surface area (Å²) in [7, 11) is 0. The molecule has 0 fully saturated rings. The van der Waals surface area contributed by atoms with Crippen LogP contribution < -0.4 is 15.2 Å². The highest BCUT2D eigenvalue weighted by Gasteiger charge is 2.32. The van der Waals surface area contributed by atoms with E-state index in [1.54, 1.807) is 13.8 Å². The minimum atomic E-state index is -4.86. The predicted octanol–water partition coefficient (Wildman–Crippen LogP) is 3.68. The lowest BCUT2D eigenvalue weighted by molar-refractivity contribution is -0.274. The van der Waals surface area contributed by atoms with E-state index in [0.717, 1.165) is 12.1 Å². The van der Waals surface area contributed by atoms with Crippen molar-refractivity contribution >= 4 is 0 Å². The maximum absolute atomic E-state index is 13.1. The zero-order chi connectivity index (χ0) is 16.3. The Morgan fingerprint density at radius 2 is 1.76 bits per heavy atom. The molecule has 0 aliphatic carbocycles. The van der Waals surface area contributed by atoms with Crippen molar-refractivity contribution in [3.8, 4) is 11.5 Å². The van der Waals surface area contributed by atoms with Crippen molar-refractivity contribution in [2.75, 3.05) is 13.2 Å². The summed E-state index contributed by atoms with van der Waals surface area (Å²) in [5.74, 6) is -3.99. The van der Waals surface area contributed by atoms with Crippen LogP contribution >= 0.6 is 0 Å². The Hall–Kier alpha value is -1.57. The summed E-state index contributed by atoms with van der Waals surface area (Å²) in [6.07, 6.45) is -4.86. The van der Waals surface area contributed by atoms with Crippen LogP contribution in [0.15, 0.2) is 18.2 Å². The number of rotatable bonds is 6. The zero-order valence-electron chi connectivity index (χ0n) is 11.5. The second-order valence-corrected chi connectivity index (χ2v) is 4.75. The van der Waals surface area contributed by atoms with Crippen molar-refractivity contribution in [2.45, 2.75) is 32.1 Å². The van der Waals surface area contributed by atoms with E-state index in [1.807, 2.05) is 0 Å². The third kappa shape index (κ3) is 5.74. The second-order valence-electron chi connectivity index (χ2n) is 4.75. The van der Waals surface area contributed by atoms with Crippen LogP contribution in [0.1, 0.15) is 25.3 Å². The number of nitrogens with two attached hydrogens (primary N) is 1. The molecule has 2 N–H and O–H groups in total. The molecule has 120 valence electrons. The Morgan fingerprint density at radius 1 is 1.14 bits per heavy atom. The highest BCUT2D eigenvalue weighted by molar-refractivity contribution is 5.42. The summed E-state index contributed by atoms with van der Waals surface area (Å²) < 4.78 is 71.3. The van der Waals surface area contributed by atoms with Crippen molar-refractivity contribution in [3.05, 3.63) is 23.8 Å². The van der Waals surface area contributed by atoms with E-state index < -0.39 is 31.2 Å². The molecule has 0 aromatic heterocycles. The maximum Gasteiger partial charge on any atom is 0.573 e. The van der Waals surface area contributed by atoms with Crippen LogP contribution in [0, 0.1) is 0 Å². The number of hydrogen-bond donors (Lipinski definition) is 1. The normalized spacial score (nSPS) is 12.6. The summed E-state index contributed by atoms with van der Waals surface area (Å²) in [5.41, 5.74) is 5.38. The van der Waals surface area contributed by atoms with Crippen molar-refractivity contribution in [2.24, 2.45) is 5.73 Å². The van der Waals surface area contributed by atoms with Gasteiger partial charge in [-0.15, -0.1) is 13.2 Å². The quantitative estimate of drug-likeness (QED) is 0.815. The number of halogens is 5. The standard InChI is InChI=1S/C13H16F5NO2/c1-8(2)10-4-3-9(21-13(16,17)18)5-11(10)20-7-12(14,15)6-19/h3-5,8H,6-7,19H2,1-2H3. The summed E-state index contributed by atoms with van der Waals surface area (Å²) in [6, 6.07) is 3.40. The number of benzene rings is 1. The molecule has 21 heavy (non-hydrogen) atoms. The molecule has 1 rings (SSSR count). The fourth-order valence-corrected chi connectivity index (χ4v) is 1.56. The first-order chi connectivity index (χ1) is 9.54. The summed E-state index contributed by atoms with van der Waals surface area (Å²) in [6.45, 7) is 1.59. The average Bonchev–Trinajstić information content (AvgIpc) is 2.34. The first-order valence-electron chi connectivity index (χ1n) is 6.14. The third-order valence-corrected chi connectivity index (χ3v) is 2.58. The van der Waals surface area contributed by atoms with E-state index in [1.165, 1.54) is 6.07 Å². The minimum Gasteiger partial charge on any atom is -0.487 e. The van der Waals surface area contributed by atoms with Crippen LogP contribution in [-0.4, -0.2) is 25.4 Å². The lowest BCUT2D eigenvalue weighted by Gasteiger charge is -2.19. The van der Waals surface area contributed by atoms with Crippen molar-refractivity contribution in [3.63, 3.8) is 0 Å². The molecule has 0 bridgehead atoms. The second kappa shape index (κ2) is 6.46. The van der Waals surface area contributed by atoms with Gasteiger partial charge in [0.1, 0.15) is 11.5 Å². The zero-order valence-corrected chi connectivity index (χ0v) is 11.5. The van der Waals surface area contributed by atoms with Gasteiger partial charge in [0.2, 0.25) is 0 Å². The van der Waals surface area contributed by atoms with Gasteiger partial charge in [-0.25, -0.2) is 8.78 Å². The Morgan fingerprint density at radius 3 is 2.24 bits per heavy atom. The molecule has 0 saturated carbocycles. The Balaban J connectivity index is 2.99. The van der Waals surface area contributed by atoms with Gasteiger partial charge in [-0.05, 0) is 17.5 Å². The smallest absolute Gasteiger partial charge is 0.487 e. The molecule has 3 nitrogen and oxygen atoms in total. The van der Waals surface area contributed by atoms with E-state index in [9.17, 15) is 22.0 Å². The van der Waals surface area contributed by atoms with Crippen LogP contribution in [0.2, 0.25) is 0 Å². The lowest BCUT2D eigenvalue weighted by atomic mass is 10.0. The van der Waals surface area contributed by atoms with Gasteiger partial charge in [0.15, 0.2) is 6.61 Å². The van der Waals surface area contributed by atoms with Gasteiger partial charge in [-0.2, -0.15) is 0 Å². The molecule has 1 aromatic carbocycles. The first-order valence-corrected chi connectivity index (χ1v) is 6.14. The van der Waals surface area contributed by atoms with Crippen molar-refractivity contribution < 1.29 is 31.4 Å². The van der Waals surface area contributed by atoms with Crippen LogP contribution in [-0.2, 0) is 0 Å². The number of ether oxygens (including phenoxy) is 2. The summed E-state index contributed by atoms with van der Waals surface area (Å²) >= 11 is 0. The molecule has 8 heteroatoms. The fraction of sp³-hybridized carbons (Fsp3) is 0.538. The lowest BCUT2D eigenvalue weighted by Crippen LogP contribution is -2.34. The monoisotopic (exact) mass is 313 g/mol.